The number of carbonyl (C=O) groups excluding carboxylic acids is 2. The maximum Gasteiger partial charge on any atom is 0.335 e. The van der Waals surface area contributed by atoms with Crippen LogP contribution in [-0.4, -0.2) is 28.0 Å². The lowest BCUT2D eigenvalue weighted by Crippen LogP contribution is -2.54. The first-order valence-electron chi connectivity index (χ1n) is 10.4. The smallest absolute Gasteiger partial charge is 0.335 e. The number of carbonyl (C=O) groups is 3. The van der Waals surface area contributed by atoms with Gasteiger partial charge in [-0.1, -0.05) is 30.3 Å². The van der Waals surface area contributed by atoms with Crippen LogP contribution >= 0.6 is 28.1 Å². The van der Waals surface area contributed by atoms with Crippen LogP contribution in [0.5, 0.6) is 5.75 Å². The van der Waals surface area contributed by atoms with Gasteiger partial charge in [0.05, 0.1) is 27.4 Å². The molecule has 1 heterocycles. The quantitative estimate of drug-likeness (QED) is 0.259. The highest BCUT2D eigenvalue weighted by Gasteiger charge is 2.34. The van der Waals surface area contributed by atoms with Crippen molar-refractivity contribution in [2.45, 2.75) is 6.61 Å². The van der Waals surface area contributed by atoms with Gasteiger partial charge in [-0.2, -0.15) is 5.26 Å². The third kappa shape index (κ3) is 5.17. The summed E-state index contributed by atoms with van der Waals surface area (Å²) in [5, 5.41) is 20.8. The minimum absolute atomic E-state index is 0.0255. The molecule has 3 aromatic rings. The number of hydrogen-bond donors (Lipinski definition) is 2. The van der Waals surface area contributed by atoms with Crippen LogP contribution in [0, 0.1) is 11.3 Å². The Balaban J connectivity index is 1.58. The maximum absolute atomic E-state index is 13.2. The molecule has 1 aliphatic heterocycles. The third-order valence-corrected chi connectivity index (χ3v) is 6.15. The lowest BCUT2D eigenvalue weighted by molar-refractivity contribution is -0.122. The van der Waals surface area contributed by atoms with Gasteiger partial charge in [-0.3, -0.25) is 19.8 Å². The molecule has 0 atom stereocenters. The minimum Gasteiger partial charge on any atom is -0.488 e. The number of nitrogens with zero attached hydrogens (tertiary/aromatic N) is 2. The van der Waals surface area contributed by atoms with E-state index < -0.39 is 17.8 Å². The number of aromatic carboxylic acids is 1. The number of halogens is 1. The molecule has 36 heavy (non-hydrogen) atoms. The van der Waals surface area contributed by atoms with Crippen molar-refractivity contribution >= 4 is 62.8 Å². The summed E-state index contributed by atoms with van der Waals surface area (Å²) in [5.74, 6) is -2.00. The first-order chi connectivity index (χ1) is 17.3. The van der Waals surface area contributed by atoms with Crippen LogP contribution in [-0.2, 0) is 16.2 Å². The van der Waals surface area contributed by atoms with Crippen molar-refractivity contribution in [3.05, 3.63) is 99.0 Å². The van der Waals surface area contributed by atoms with E-state index in [2.05, 4.69) is 27.3 Å². The topological polar surface area (TPSA) is 120 Å². The molecular weight excluding hydrogens is 546 g/mol. The molecule has 0 radical (unpaired) electrons. The Kier molecular flexibility index (Phi) is 7.24. The molecule has 0 bridgehead atoms. The molecular formula is C26H16BrN3O5S. The van der Waals surface area contributed by atoms with Gasteiger partial charge in [-0.25, -0.2) is 4.79 Å². The van der Waals surface area contributed by atoms with E-state index in [4.69, 9.17) is 17.0 Å². The Labute approximate surface area is 219 Å². The number of ether oxygens (including phenoxy) is 1. The van der Waals surface area contributed by atoms with Gasteiger partial charge in [0.25, 0.3) is 11.8 Å². The molecule has 178 valence electrons. The largest absolute Gasteiger partial charge is 0.488 e. The Bertz CT molecular complexity index is 1490. The number of carboxylic acid groups (broad SMARTS) is 1. The lowest BCUT2D eigenvalue weighted by Gasteiger charge is -2.29. The van der Waals surface area contributed by atoms with E-state index in [0.717, 1.165) is 10.5 Å². The minimum atomic E-state index is -1.16. The average Bonchev–Trinajstić information content (AvgIpc) is 2.86. The van der Waals surface area contributed by atoms with Gasteiger partial charge >= 0.3 is 5.97 Å². The molecule has 0 spiro atoms. The first-order valence-corrected chi connectivity index (χ1v) is 11.6. The normalized spacial score (nSPS) is 14.4. The second-order valence-corrected chi connectivity index (χ2v) is 8.80. The molecule has 1 fully saturated rings. The van der Waals surface area contributed by atoms with Crippen molar-refractivity contribution in [1.82, 2.24) is 5.32 Å². The highest BCUT2D eigenvalue weighted by atomic mass is 79.9. The fourth-order valence-corrected chi connectivity index (χ4v) is 4.26. The number of amides is 2. The fourth-order valence-electron chi connectivity index (χ4n) is 3.47. The number of anilines is 1. The van der Waals surface area contributed by atoms with E-state index in [1.165, 1.54) is 30.3 Å². The molecule has 0 aromatic heterocycles. The standard InChI is InChI=1S/C26H16BrN3O5S/c27-21-11-15(8-9-22(21)35-14-18-5-2-1-4-17(18)13-28)10-20-23(31)29-26(36)30(24(20)32)19-7-3-6-16(12-19)25(33)34/h1-12H,14H2,(H,33,34)(H,29,31,36). The monoisotopic (exact) mass is 561 g/mol. The van der Waals surface area contributed by atoms with Crippen molar-refractivity contribution < 1.29 is 24.2 Å². The van der Waals surface area contributed by atoms with Crippen LogP contribution in [0.2, 0.25) is 0 Å². The Morgan fingerprint density at radius 2 is 1.92 bits per heavy atom. The summed E-state index contributed by atoms with van der Waals surface area (Å²) in [5.41, 5.74) is 1.82. The summed E-state index contributed by atoms with van der Waals surface area (Å²) in [6, 6.07) is 20.0. The van der Waals surface area contributed by atoms with Gasteiger partial charge < -0.3 is 9.84 Å². The molecule has 1 saturated heterocycles. The molecule has 4 rings (SSSR count). The van der Waals surface area contributed by atoms with E-state index in [9.17, 15) is 24.8 Å². The second kappa shape index (κ2) is 10.5. The summed E-state index contributed by atoms with van der Waals surface area (Å²) >= 11 is 8.61. The van der Waals surface area contributed by atoms with Gasteiger partial charge in [-0.05, 0) is 76.2 Å². The van der Waals surface area contributed by atoms with Crippen LogP contribution in [0.15, 0.2) is 76.8 Å². The summed E-state index contributed by atoms with van der Waals surface area (Å²) in [4.78, 5) is 38.2. The zero-order valence-electron chi connectivity index (χ0n) is 18.4. The van der Waals surface area contributed by atoms with Crippen LogP contribution in [0.25, 0.3) is 6.08 Å². The zero-order valence-corrected chi connectivity index (χ0v) is 20.8. The summed E-state index contributed by atoms with van der Waals surface area (Å²) in [6.07, 6.45) is 1.41. The highest BCUT2D eigenvalue weighted by molar-refractivity contribution is 9.10. The van der Waals surface area contributed by atoms with Crippen molar-refractivity contribution in [2.24, 2.45) is 0 Å². The first kappa shape index (κ1) is 24.8. The van der Waals surface area contributed by atoms with Crippen molar-refractivity contribution in [3.8, 4) is 11.8 Å². The van der Waals surface area contributed by atoms with Crippen LogP contribution in [0.1, 0.15) is 27.0 Å². The molecule has 8 nitrogen and oxygen atoms in total. The van der Waals surface area contributed by atoms with Gasteiger partial charge in [0.15, 0.2) is 5.11 Å². The Morgan fingerprint density at radius 3 is 2.64 bits per heavy atom. The van der Waals surface area contributed by atoms with Crippen LogP contribution in [0.3, 0.4) is 0 Å². The van der Waals surface area contributed by atoms with E-state index in [-0.39, 0.29) is 28.5 Å². The number of rotatable bonds is 6. The van der Waals surface area contributed by atoms with E-state index in [1.54, 1.807) is 36.4 Å². The number of thiocarbonyl (C=S) groups is 1. The molecule has 1 aliphatic rings. The number of nitriles is 1. The maximum atomic E-state index is 13.2. The molecule has 0 unspecified atom stereocenters. The molecule has 3 aromatic carbocycles. The fraction of sp³-hybridized carbons (Fsp3) is 0.0385. The average molecular weight is 562 g/mol. The number of benzene rings is 3. The summed E-state index contributed by atoms with van der Waals surface area (Å²) in [6.45, 7) is 0.186. The van der Waals surface area contributed by atoms with Gasteiger partial charge in [0.1, 0.15) is 17.9 Å². The number of carboxylic acids is 1. The van der Waals surface area contributed by atoms with Gasteiger partial charge in [-0.15, -0.1) is 0 Å². The zero-order chi connectivity index (χ0) is 25.8. The van der Waals surface area contributed by atoms with Crippen LogP contribution < -0.4 is 15.0 Å². The summed E-state index contributed by atoms with van der Waals surface area (Å²) < 4.78 is 6.41. The van der Waals surface area contributed by atoms with E-state index in [0.29, 0.717) is 21.3 Å². The van der Waals surface area contributed by atoms with Crippen molar-refractivity contribution in [3.63, 3.8) is 0 Å². The second-order valence-electron chi connectivity index (χ2n) is 7.56. The Morgan fingerprint density at radius 1 is 1.14 bits per heavy atom. The molecule has 0 saturated carbocycles. The van der Waals surface area contributed by atoms with E-state index >= 15 is 0 Å². The SMILES string of the molecule is N#Cc1ccccc1COc1ccc(C=C2C(=O)NC(=S)N(c3cccc(C(=O)O)c3)C2=O)cc1Br. The third-order valence-electron chi connectivity index (χ3n) is 5.24. The van der Waals surface area contributed by atoms with Gasteiger partial charge in [0, 0.05) is 5.56 Å². The molecule has 10 heteroatoms. The highest BCUT2D eigenvalue weighted by Crippen LogP contribution is 2.29. The number of nitrogens with one attached hydrogen (secondary N) is 1. The number of hydrogen-bond acceptors (Lipinski definition) is 6. The summed E-state index contributed by atoms with van der Waals surface area (Å²) in [7, 11) is 0. The van der Waals surface area contributed by atoms with E-state index in [1.807, 2.05) is 6.07 Å². The van der Waals surface area contributed by atoms with Gasteiger partial charge in [0.2, 0.25) is 0 Å². The lowest BCUT2D eigenvalue weighted by atomic mass is 10.1. The van der Waals surface area contributed by atoms with Crippen molar-refractivity contribution in [2.75, 3.05) is 4.90 Å². The van der Waals surface area contributed by atoms with Crippen molar-refractivity contribution in [1.29, 1.82) is 5.26 Å². The molecule has 0 aliphatic carbocycles. The predicted octanol–water partition coefficient (Wildman–Crippen LogP) is 4.43. The predicted molar refractivity (Wildman–Crippen MR) is 139 cm³/mol. The molecule has 2 N–H and O–H groups in total. The Hall–Kier alpha value is -4.33. The molecule has 2 amide bonds. The van der Waals surface area contributed by atoms with Crippen LogP contribution in [0.4, 0.5) is 5.69 Å².